The summed E-state index contributed by atoms with van der Waals surface area (Å²) in [5.41, 5.74) is 7.15. The molecule has 5 nitrogen and oxygen atoms in total. The first-order valence-electron chi connectivity index (χ1n) is 8.40. The first kappa shape index (κ1) is 17.9. The van der Waals surface area contributed by atoms with Gasteiger partial charge in [-0.15, -0.1) is 0 Å². The summed E-state index contributed by atoms with van der Waals surface area (Å²) < 4.78 is 13.1. The largest absolute Gasteiger partial charge is 0.488 e. The smallest absolute Gasteiger partial charge is 0.297 e. The van der Waals surface area contributed by atoms with Crippen LogP contribution in [0.3, 0.4) is 0 Å². The molecule has 0 aliphatic carbocycles. The normalized spacial score (nSPS) is 11.8. The summed E-state index contributed by atoms with van der Waals surface area (Å²) in [7, 11) is 1.50. The van der Waals surface area contributed by atoms with Gasteiger partial charge in [-0.25, -0.2) is 0 Å². The molecule has 24 heavy (non-hydrogen) atoms. The van der Waals surface area contributed by atoms with Crippen LogP contribution in [0, 0.1) is 0 Å². The van der Waals surface area contributed by atoms with E-state index in [1.165, 1.54) is 7.11 Å². The Labute approximate surface area is 142 Å². The molecule has 0 saturated heterocycles. The highest BCUT2D eigenvalue weighted by Gasteiger charge is 2.20. The number of hydrogen-bond donors (Lipinski definition) is 1. The van der Waals surface area contributed by atoms with Crippen molar-refractivity contribution < 1.29 is 9.47 Å². The van der Waals surface area contributed by atoms with Crippen molar-refractivity contribution in [1.82, 2.24) is 4.57 Å². The van der Waals surface area contributed by atoms with Gasteiger partial charge in [0.15, 0.2) is 5.75 Å². The van der Waals surface area contributed by atoms with Crippen LogP contribution in [0.1, 0.15) is 40.0 Å². The summed E-state index contributed by atoms with van der Waals surface area (Å²) >= 11 is 0. The van der Waals surface area contributed by atoms with Crippen molar-refractivity contribution in [1.29, 1.82) is 0 Å². The van der Waals surface area contributed by atoms with E-state index in [2.05, 4.69) is 6.92 Å². The summed E-state index contributed by atoms with van der Waals surface area (Å²) in [4.78, 5) is 12.9. The molecule has 2 aromatic rings. The SMILES string of the molecule is CC=C(CC)Oc1c(OC)c(=O)n(CCCC)c2cc(N)ccc12. The molecule has 0 saturated carbocycles. The fourth-order valence-corrected chi connectivity index (χ4v) is 2.70. The lowest BCUT2D eigenvalue weighted by molar-refractivity contribution is 0.349. The maximum atomic E-state index is 12.9. The molecular formula is C19H26N2O3. The number of rotatable bonds is 7. The van der Waals surface area contributed by atoms with Gasteiger partial charge in [0.05, 0.1) is 18.4 Å². The molecule has 1 heterocycles. The monoisotopic (exact) mass is 330 g/mol. The first-order chi connectivity index (χ1) is 11.6. The van der Waals surface area contributed by atoms with Gasteiger partial charge >= 0.3 is 0 Å². The molecule has 0 aliphatic heterocycles. The van der Waals surface area contributed by atoms with Gasteiger partial charge in [0, 0.05) is 24.0 Å². The number of pyridine rings is 1. The number of unbranched alkanes of at least 4 members (excludes halogenated alkanes) is 1. The van der Waals surface area contributed by atoms with Crippen LogP contribution in [-0.2, 0) is 6.54 Å². The average molecular weight is 330 g/mol. The van der Waals surface area contributed by atoms with Crippen LogP contribution in [-0.4, -0.2) is 11.7 Å². The fraction of sp³-hybridized carbons (Fsp3) is 0.421. The maximum Gasteiger partial charge on any atom is 0.297 e. The topological polar surface area (TPSA) is 66.5 Å². The lowest BCUT2D eigenvalue weighted by atomic mass is 10.1. The number of nitrogen functional groups attached to an aromatic ring is 1. The number of ether oxygens (including phenoxy) is 2. The molecule has 0 radical (unpaired) electrons. The van der Waals surface area contributed by atoms with E-state index < -0.39 is 0 Å². The van der Waals surface area contributed by atoms with Gasteiger partial charge in [-0.1, -0.05) is 20.3 Å². The number of anilines is 1. The standard InChI is InChI=1S/C19H26N2O3/c1-5-8-11-21-16-12-13(20)9-10-15(16)17(18(23-4)19(21)22)24-14(6-2)7-3/h6,9-10,12H,5,7-8,11,20H2,1-4H3. The molecular weight excluding hydrogens is 304 g/mol. The number of aromatic nitrogens is 1. The van der Waals surface area contributed by atoms with Crippen molar-refractivity contribution in [2.45, 2.75) is 46.6 Å². The third-order valence-electron chi connectivity index (χ3n) is 4.05. The van der Waals surface area contributed by atoms with E-state index in [9.17, 15) is 4.79 Å². The highest BCUT2D eigenvalue weighted by Crippen LogP contribution is 2.35. The maximum absolute atomic E-state index is 12.9. The van der Waals surface area contributed by atoms with Crippen LogP contribution in [0.15, 0.2) is 34.8 Å². The number of benzene rings is 1. The summed E-state index contributed by atoms with van der Waals surface area (Å²) in [6.45, 7) is 6.63. The van der Waals surface area contributed by atoms with Crippen LogP contribution >= 0.6 is 0 Å². The zero-order chi connectivity index (χ0) is 17.7. The van der Waals surface area contributed by atoms with E-state index in [0.29, 0.717) is 18.0 Å². The summed E-state index contributed by atoms with van der Waals surface area (Å²) in [5, 5.41) is 0.824. The summed E-state index contributed by atoms with van der Waals surface area (Å²) in [6.07, 6.45) is 4.53. The van der Waals surface area contributed by atoms with Crippen molar-refractivity contribution in [3.63, 3.8) is 0 Å². The fourth-order valence-electron chi connectivity index (χ4n) is 2.70. The molecule has 0 bridgehead atoms. The van der Waals surface area contributed by atoms with Crippen LogP contribution in [0.4, 0.5) is 5.69 Å². The summed E-state index contributed by atoms with van der Waals surface area (Å²) in [6, 6.07) is 5.51. The molecule has 0 amide bonds. The van der Waals surface area contributed by atoms with Gasteiger partial charge in [0.25, 0.3) is 5.56 Å². The molecule has 5 heteroatoms. The second-order valence-electron chi connectivity index (χ2n) is 5.66. The average Bonchev–Trinajstić information content (AvgIpc) is 2.59. The second kappa shape index (κ2) is 7.90. The zero-order valence-corrected chi connectivity index (χ0v) is 14.9. The van der Waals surface area contributed by atoms with Crippen LogP contribution in [0.25, 0.3) is 10.9 Å². The van der Waals surface area contributed by atoms with E-state index in [0.717, 1.165) is 35.9 Å². The van der Waals surface area contributed by atoms with E-state index in [-0.39, 0.29) is 11.3 Å². The second-order valence-corrected chi connectivity index (χ2v) is 5.66. The van der Waals surface area contributed by atoms with E-state index >= 15 is 0 Å². The number of nitrogens with two attached hydrogens (primary N) is 1. The number of aryl methyl sites for hydroxylation is 1. The molecule has 2 N–H and O–H groups in total. The minimum Gasteiger partial charge on any atom is -0.488 e. The van der Waals surface area contributed by atoms with E-state index in [1.807, 2.05) is 38.1 Å². The predicted octanol–water partition coefficient (Wildman–Crippen LogP) is 4.09. The molecule has 130 valence electrons. The molecule has 0 aliphatic rings. The molecule has 1 aromatic heterocycles. The Balaban J connectivity index is 2.79. The Kier molecular flexibility index (Phi) is 5.90. The molecule has 0 atom stereocenters. The van der Waals surface area contributed by atoms with Gasteiger partial charge in [-0.3, -0.25) is 4.79 Å². The van der Waals surface area contributed by atoms with Crippen molar-refractivity contribution in [2.75, 3.05) is 12.8 Å². The molecule has 2 rings (SSSR count). The Bertz CT molecular complexity index is 806. The Morgan fingerprint density at radius 1 is 1.29 bits per heavy atom. The number of fused-ring (bicyclic) bond motifs is 1. The van der Waals surface area contributed by atoms with Crippen LogP contribution in [0.2, 0.25) is 0 Å². The Hall–Kier alpha value is -2.43. The lowest BCUT2D eigenvalue weighted by Gasteiger charge is -2.18. The van der Waals surface area contributed by atoms with Gasteiger partial charge < -0.3 is 19.8 Å². The molecule has 1 aromatic carbocycles. The zero-order valence-electron chi connectivity index (χ0n) is 14.9. The lowest BCUT2D eigenvalue weighted by Crippen LogP contribution is -2.23. The van der Waals surface area contributed by atoms with Gasteiger partial charge in [-0.2, -0.15) is 0 Å². The number of hydrogen-bond acceptors (Lipinski definition) is 4. The van der Waals surface area contributed by atoms with Gasteiger partial charge in [0.1, 0.15) is 0 Å². The highest BCUT2D eigenvalue weighted by atomic mass is 16.5. The number of methoxy groups -OCH3 is 1. The quantitative estimate of drug-likeness (QED) is 0.613. The minimum absolute atomic E-state index is 0.189. The summed E-state index contributed by atoms with van der Waals surface area (Å²) in [5.74, 6) is 1.48. The third-order valence-corrected chi connectivity index (χ3v) is 4.05. The van der Waals surface area contributed by atoms with Gasteiger partial charge in [0.2, 0.25) is 5.75 Å². The molecule has 0 spiro atoms. The number of allylic oxidation sites excluding steroid dienone is 2. The highest BCUT2D eigenvalue weighted by molar-refractivity contribution is 5.90. The minimum atomic E-state index is -0.189. The third kappa shape index (κ3) is 3.40. The van der Waals surface area contributed by atoms with E-state index in [4.69, 9.17) is 15.2 Å². The van der Waals surface area contributed by atoms with Crippen molar-refractivity contribution in [2.24, 2.45) is 0 Å². The first-order valence-corrected chi connectivity index (χ1v) is 8.40. The van der Waals surface area contributed by atoms with Crippen molar-refractivity contribution in [3.05, 3.63) is 40.4 Å². The van der Waals surface area contributed by atoms with Gasteiger partial charge in [-0.05, 0) is 37.6 Å². The van der Waals surface area contributed by atoms with Crippen molar-refractivity contribution in [3.8, 4) is 11.5 Å². The Morgan fingerprint density at radius 3 is 2.62 bits per heavy atom. The number of nitrogens with zero attached hydrogens (tertiary/aromatic N) is 1. The molecule has 0 fully saturated rings. The molecule has 0 unspecified atom stereocenters. The predicted molar refractivity (Wildman–Crippen MR) is 98.8 cm³/mol. The van der Waals surface area contributed by atoms with E-state index in [1.54, 1.807) is 4.57 Å². The van der Waals surface area contributed by atoms with Crippen LogP contribution in [0.5, 0.6) is 11.5 Å². The van der Waals surface area contributed by atoms with Crippen molar-refractivity contribution >= 4 is 16.6 Å². The Morgan fingerprint density at radius 2 is 2.04 bits per heavy atom. The van der Waals surface area contributed by atoms with Crippen LogP contribution < -0.4 is 20.8 Å².